The smallest absolute Gasteiger partial charge is 0.264 e. The van der Waals surface area contributed by atoms with E-state index in [0.29, 0.717) is 0 Å². The molecule has 0 heterocycles. The van der Waals surface area contributed by atoms with E-state index >= 15 is 0 Å². The van der Waals surface area contributed by atoms with Gasteiger partial charge < -0.3 is 10.2 Å². The lowest BCUT2D eigenvalue weighted by atomic mass is 10.1. The van der Waals surface area contributed by atoms with Gasteiger partial charge in [0.2, 0.25) is 11.8 Å². The average molecular weight is 591 g/mol. The number of hydrogen-bond donors (Lipinski definition) is 1. The van der Waals surface area contributed by atoms with E-state index < -0.39 is 28.5 Å². The number of nitrogens with one attached hydrogen (secondary N) is 1. The number of nitrogens with zero attached hydrogens (tertiary/aromatic N) is 2. The van der Waals surface area contributed by atoms with Crippen molar-refractivity contribution in [3.63, 3.8) is 0 Å². The van der Waals surface area contributed by atoms with Crippen LogP contribution in [-0.4, -0.2) is 43.8 Å². The van der Waals surface area contributed by atoms with Crippen LogP contribution >= 0.6 is 23.2 Å². The largest absolute Gasteiger partial charge is 0.352 e. The zero-order valence-electron chi connectivity index (χ0n) is 22.4. The quantitative estimate of drug-likeness (QED) is 0.305. The summed E-state index contributed by atoms with van der Waals surface area (Å²) in [7, 11) is -4.24. The molecule has 0 radical (unpaired) electrons. The van der Waals surface area contributed by atoms with Gasteiger partial charge in [0.15, 0.2) is 0 Å². The molecule has 3 aromatic rings. The van der Waals surface area contributed by atoms with Crippen LogP contribution in [0.1, 0.15) is 38.3 Å². The molecule has 0 aliphatic heterocycles. The van der Waals surface area contributed by atoms with Crippen molar-refractivity contribution in [2.24, 2.45) is 0 Å². The molecule has 39 heavy (non-hydrogen) atoms. The van der Waals surface area contributed by atoms with Gasteiger partial charge in [-0.25, -0.2) is 8.42 Å². The van der Waals surface area contributed by atoms with Crippen LogP contribution in [-0.2, 0) is 26.2 Å². The number of benzene rings is 3. The minimum atomic E-state index is -4.24. The molecular formula is C29H33Cl2N3O4S. The lowest BCUT2D eigenvalue weighted by Gasteiger charge is -2.32. The van der Waals surface area contributed by atoms with E-state index in [0.717, 1.165) is 21.9 Å². The number of amides is 2. The van der Waals surface area contributed by atoms with Gasteiger partial charge in [-0.3, -0.25) is 13.9 Å². The highest BCUT2D eigenvalue weighted by Gasteiger charge is 2.33. The van der Waals surface area contributed by atoms with Gasteiger partial charge in [-0.05, 0) is 57.0 Å². The van der Waals surface area contributed by atoms with Crippen molar-refractivity contribution in [3.8, 4) is 0 Å². The van der Waals surface area contributed by atoms with Gasteiger partial charge in [-0.2, -0.15) is 0 Å². The molecule has 2 amide bonds. The number of rotatable bonds is 11. The molecule has 3 rings (SSSR count). The molecule has 0 aromatic heterocycles. The molecule has 10 heteroatoms. The van der Waals surface area contributed by atoms with E-state index in [4.69, 9.17) is 23.2 Å². The Morgan fingerprint density at radius 2 is 1.56 bits per heavy atom. The molecular weight excluding hydrogens is 557 g/mol. The van der Waals surface area contributed by atoms with Crippen LogP contribution in [0.2, 0.25) is 10.0 Å². The predicted molar refractivity (Wildman–Crippen MR) is 157 cm³/mol. The molecule has 0 aliphatic carbocycles. The molecule has 0 unspecified atom stereocenters. The van der Waals surface area contributed by atoms with E-state index in [1.165, 1.54) is 29.2 Å². The normalized spacial score (nSPS) is 12.9. The third-order valence-corrected chi connectivity index (χ3v) is 9.03. The molecule has 0 aliphatic rings. The highest BCUT2D eigenvalue weighted by molar-refractivity contribution is 7.92. The number of hydrogen-bond acceptors (Lipinski definition) is 4. The minimum absolute atomic E-state index is 0.000162. The highest BCUT2D eigenvalue weighted by Crippen LogP contribution is 2.35. The second-order valence-electron chi connectivity index (χ2n) is 9.40. The third kappa shape index (κ3) is 7.53. The number of aryl methyl sites for hydroxylation is 1. The van der Waals surface area contributed by atoms with Gasteiger partial charge in [0.05, 0.1) is 20.6 Å². The zero-order valence-corrected chi connectivity index (χ0v) is 24.7. The fourth-order valence-electron chi connectivity index (χ4n) is 3.86. The molecule has 7 nitrogen and oxygen atoms in total. The standard InChI is InChI=1S/C29H33Cl2N3O4S/c1-5-21(3)32-29(36)22(4)33(18-23-10-7-6-8-11-23)27(35)19-34(26-13-9-12-25(30)28(26)31)39(37,38)24-16-14-20(2)15-17-24/h6-17,21-22H,5,18-19H2,1-4H3,(H,32,36)/t21-,22-/m0/s1. The maximum atomic E-state index is 13.9. The Bertz CT molecular complexity index is 1400. The Labute approximate surface area is 240 Å². The van der Waals surface area contributed by atoms with E-state index in [1.807, 2.05) is 51.1 Å². The van der Waals surface area contributed by atoms with Crippen LogP contribution in [0, 0.1) is 6.92 Å². The van der Waals surface area contributed by atoms with Crippen LogP contribution in [0.3, 0.4) is 0 Å². The van der Waals surface area contributed by atoms with Gasteiger partial charge in [-0.15, -0.1) is 0 Å². The van der Waals surface area contributed by atoms with Gasteiger partial charge in [0, 0.05) is 12.6 Å². The number of halogens is 2. The second-order valence-corrected chi connectivity index (χ2v) is 12.0. The topological polar surface area (TPSA) is 86.8 Å². The minimum Gasteiger partial charge on any atom is -0.352 e. The number of carbonyl (C=O) groups excluding carboxylic acids is 2. The van der Waals surface area contributed by atoms with Gasteiger partial charge in [0.25, 0.3) is 10.0 Å². The first-order valence-electron chi connectivity index (χ1n) is 12.6. The van der Waals surface area contributed by atoms with Crippen LogP contribution in [0.15, 0.2) is 77.7 Å². The highest BCUT2D eigenvalue weighted by atomic mass is 35.5. The molecule has 2 atom stereocenters. The second kappa shape index (κ2) is 13.3. The monoisotopic (exact) mass is 589 g/mol. The Balaban J connectivity index is 2.05. The zero-order chi connectivity index (χ0) is 28.7. The molecule has 0 spiro atoms. The van der Waals surface area contributed by atoms with Crippen molar-refractivity contribution in [1.82, 2.24) is 10.2 Å². The Hall–Kier alpha value is -3.07. The SMILES string of the molecule is CC[C@H](C)NC(=O)[C@H](C)N(Cc1ccccc1)C(=O)CN(c1cccc(Cl)c1Cl)S(=O)(=O)c1ccc(C)cc1. The maximum absolute atomic E-state index is 13.9. The van der Waals surface area contributed by atoms with E-state index in [1.54, 1.807) is 25.1 Å². The summed E-state index contributed by atoms with van der Waals surface area (Å²) < 4.78 is 28.7. The van der Waals surface area contributed by atoms with E-state index in [-0.39, 0.29) is 39.1 Å². The van der Waals surface area contributed by atoms with Crippen LogP contribution in [0.5, 0.6) is 0 Å². The van der Waals surface area contributed by atoms with Crippen LogP contribution < -0.4 is 9.62 Å². The van der Waals surface area contributed by atoms with Crippen LogP contribution in [0.4, 0.5) is 5.69 Å². The first kappa shape index (κ1) is 30.5. The van der Waals surface area contributed by atoms with E-state index in [9.17, 15) is 18.0 Å². The van der Waals surface area contributed by atoms with Gasteiger partial charge in [0.1, 0.15) is 12.6 Å². The Kier molecular flexibility index (Phi) is 10.4. The van der Waals surface area contributed by atoms with Crippen molar-refractivity contribution in [2.75, 3.05) is 10.8 Å². The Morgan fingerprint density at radius 1 is 0.923 bits per heavy atom. The summed E-state index contributed by atoms with van der Waals surface area (Å²) >= 11 is 12.7. The van der Waals surface area contributed by atoms with Crippen molar-refractivity contribution in [2.45, 2.75) is 57.6 Å². The predicted octanol–water partition coefficient (Wildman–Crippen LogP) is 5.83. The molecule has 0 fully saturated rings. The lowest BCUT2D eigenvalue weighted by molar-refractivity contribution is -0.139. The molecule has 3 aromatic carbocycles. The summed E-state index contributed by atoms with van der Waals surface area (Å²) in [6.45, 7) is 6.82. The summed E-state index contributed by atoms with van der Waals surface area (Å²) in [4.78, 5) is 28.4. The first-order chi connectivity index (χ1) is 18.4. The number of sulfonamides is 1. The summed E-state index contributed by atoms with van der Waals surface area (Å²) in [6.07, 6.45) is 0.723. The van der Waals surface area contributed by atoms with E-state index in [2.05, 4.69) is 5.32 Å². The van der Waals surface area contributed by atoms with Crippen LogP contribution in [0.25, 0.3) is 0 Å². The third-order valence-electron chi connectivity index (χ3n) is 6.45. The fraction of sp³-hybridized carbons (Fsp3) is 0.310. The summed E-state index contributed by atoms with van der Waals surface area (Å²) in [5.41, 5.74) is 1.74. The summed E-state index contributed by atoms with van der Waals surface area (Å²) in [5, 5.41) is 3.06. The van der Waals surface area contributed by atoms with Gasteiger partial charge in [-0.1, -0.05) is 84.2 Å². The average Bonchev–Trinajstić information content (AvgIpc) is 2.92. The molecule has 208 valence electrons. The van der Waals surface area contributed by atoms with Crippen molar-refractivity contribution >= 4 is 50.7 Å². The molecule has 0 bridgehead atoms. The van der Waals surface area contributed by atoms with Gasteiger partial charge >= 0.3 is 0 Å². The van der Waals surface area contributed by atoms with Crippen molar-refractivity contribution < 1.29 is 18.0 Å². The van der Waals surface area contributed by atoms with Crippen molar-refractivity contribution in [3.05, 3.63) is 94.0 Å². The first-order valence-corrected chi connectivity index (χ1v) is 14.8. The summed E-state index contributed by atoms with van der Waals surface area (Å²) in [6, 6.07) is 19.2. The Morgan fingerprint density at radius 3 is 2.18 bits per heavy atom. The number of carbonyl (C=O) groups is 2. The summed E-state index contributed by atoms with van der Waals surface area (Å²) in [5.74, 6) is -0.903. The maximum Gasteiger partial charge on any atom is 0.264 e. The molecule has 0 saturated heterocycles. The molecule has 1 N–H and O–H groups in total. The lowest BCUT2D eigenvalue weighted by Crippen LogP contribution is -2.52. The number of anilines is 1. The van der Waals surface area contributed by atoms with Crippen molar-refractivity contribution in [1.29, 1.82) is 0 Å². The molecule has 0 saturated carbocycles. The fourth-order valence-corrected chi connectivity index (χ4v) is 5.74.